The average molecular weight is 263 g/mol. The van der Waals surface area contributed by atoms with Gasteiger partial charge in [-0.15, -0.1) is 0 Å². The first kappa shape index (κ1) is 13.9. The van der Waals surface area contributed by atoms with Gasteiger partial charge in [-0.25, -0.2) is 4.79 Å². The van der Waals surface area contributed by atoms with Gasteiger partial charge in [-0.1, -0.05) is 17.7 Å². The largest absolute Gasteiger partial charge is 0.491 e. The summed E-state index contributed by atoms with van der Waals surface area (Å²) in [5.41, 5.74) is 0.389. The van der Waals surface area contributed by atoms with E-state index in [2.05, 4.69) is 5.32 Å². The monoisotopic (exact) mass is 263 g/mol. The molecular formula is C15H21NO3. The lowest BCUT2D eigenvalue weighted by molar-refractivity contribution is -0.149. The number of aryl methyl sites for hydroxylation is 1. The summed E-state index contributed by atoms with van der Waals surface area (Å²) < 4.78 is 10.6. The van der Waals surface area contributed by atoms with Crippen molar-refractivity contribution >= 4 is 5.97 Å². The second kappa shape index (κ2) is 5.61. The van der Waals surface area contributed by atoms with E-state index in [4.69, 9.17) is 9.47 Å². The molecule has 4 heteroatoms. The van der Waals surface area contributed by atoms with Crippen molar-refractivity contribution in [2.24, 2.45) is 0 Å². The van der Waals surface area contributed by atoms with Crippen molar-refractivity contribution in [3.63, 3.8) is 0 Å². The fourth-order valence-electron chi connectivity index (χ4n) is 1.93. The fraction of sp³-hybridized carbons (Fsp3) is 0.533. The number of hydrogen-bond donors (Lipinski definition) is 1. The molecule has 104 valence electrons. The molecule has 0 saturated heterocycles. The van der Waals surface area contributed by atoms with Gasteiger partial charge in [-0.05, 0) is 38.8 Å². The van der Waals surface area contributed by atoms with Gasteiger partial charge in [-0.2, -0.15) is 0 Å². The Morgan fingerprint density at radius 3 is 2.53 bits per heavy atom. The molecule has 1 aromatic carbocycles. The Labute approximate surface area is 114 Å². The van der Waals surface area contributed by atoms with Crippen LogP contribution in [-0.2, 0) is 9.53 Å². The Bertz CT molecular complexity index is 439. The van der Waals surface area contributed by atoms with Crippen molar-refractivity contribution < 1.29 is 14.3 Å². The first-order chi connectivity index (χ1) is 9.03. The molecule has 0 aliphatic heterocycles. The normalized spacial score (nSPS) is 17.6. The number of rotatable bonds is 6. The standard InChI is InChI=1S/C15H21NO3/c1-11-4-8-13(9-5-11)19-10-15(2,14(17)18-3)16-12-6-7-12/h4-5,8-9,12,16H,6-7,10H2,1-3H3. The second-order valence-corrected chi connectivity index (χ2v) is 5.34. The van der Waals surface area contributed by atoms with Crippen LogP contribution < -0.4 is 10.1 Å². The number of carbonyl (C=O) groups is 1. The van der Waals surface area contributed by atoms with Crippen molar-refractivity contribution in [2.45, 2.75) is 38.3 Å². The summed E-state index contributed by atoms with van der Waals surface area (Å²) in [4.78, 5) is 11.9. The minimum atomic E-state index is -0.791. The lowest BCUT2D eigenvalue weighted by Gasteiger charge is -2.28. The molecule has 0 heterocycles. The molecule has 0 spiro atoms. The predicted octanol–water partition coefficient (Wildman–Crippen LogP) is 2.06. The maximum absolute atomic E-state index is 11.9. The predicted molar refractivity (Wildman–Crippen MR) is 73.3 cm³/mol. The zero-order valence-corrected chi connectivity index (χ0v) is 11.7. The number of ether oxygens (including phenoxy) is 2. The van der Waals surface area contributed by atoms with E-state index in [0.717, 1.165) is 18.6 Å². The molecular weight excluding hydrogens is 242 g/mol. The molecule has 0 bridgehead atoms. The van der Waals surface area contributed by atoms with Crippen molar-refractivity contribution in [1.82, 2.24) is 5.32 Å². The average Bonchev–Trinajstić information content (AvgIpc) is 3.21. The van der Waals surface area contributed by atoms with Gasteiger partial charge in [0.05, 0.1) is 7.11 Å². The molecule has 1 aliphatic rings. The van der Waals surface area contributed by atoms with Gasteiger partial charge in [-0.3, -0.25) is 5.32 Å². The van der Waals surface area contributed by atoms with E-state index < -0.39 is 5.54 Å². The third-order valence-electron chi connectivity index (χ3n) is 3.28. The van der Waals surface area contributed by atoms with Gasteiger partial charge in [0.15, 0.2) is 0 Å². The van der Waals surface area contributed by atoms with E-state index in [1.54, 1.807) is 0 Å². The molecule has 0 radical (unpaired) electrons. The highest BCUT2D eigenvalue weighted by Crippen LogP contribution is 2.24. The third-order valence-corrected chi connectivity index (χ3v) is 3.28. The Morgan fingerprint density at radius 1 is 1.37 bits per heavy atom. The molecule has 19 heavy (non-hydrogen) atoms. The van der Waals surface area contributed by atoms with Crippen molar-refractivity contribution in [3.05, 3.63) is 29.8 Å². The van der Waals surface area contributed by atoms with Crippen LogP contribution >= 0.6 is 0 Å². The lowest BCUT2D eigenvalue weighted by atomic mass is 10.0. The summed E-state index contributed by atoms with van der Waals surface area (Å²) in [5, 5.41) is 3.30. The molecule has 1 atom stereocenters. The maximum atomic E-state index is 11.9. The van der Waals surface area contributed by atoms with Crippen LogP contribution in [0.3, 0.4) is 0 Å². The number of methoxy groups -OCH3 is 1. The van der Waals surface area contributed by atoms with Crippen LogP contribution in [-0.4, -0.2) is 31.3 Å². The Morgan fingerprint density at radius 2 is 2.00 bits per heavy atom. The summed E-state index contributed by atoms with van der Waals surface area (Å²) in [6.07, 6.45) is 2.22. The highest BCUT2D eigenvalue weighted by molar-refractivity contribution is 5.80. The second-order valence-electron chi connectivity index (χ2n) is 5.34. The molecule has 1 aliphatic carbocycles. The zero-order chi connectivity index (χ0) is 13.9. The summed E-state index contributed by atoms with van der Waals surface area (Å²) in [6, 6.07) is 8.19. The van der Waals surface area contributed by atoms with Crippen LogP contribution in [0, 0.1) is 6.92 Å². The third kappa shape index (κ3) is 3.70. The van der Waals surface area contributed by atoms with Crippen LogP contribution in [0.5, 0.6) is 5.75 Å². The van der Waals surface area contributed by atoms with Gasteiger partial charge < -0.3 is 9.47 Å². The van der Waals surface area contributed by atoms with Crippen LogP contribution in [0.1, 0.15) is 25.3 Å². The summed E-state index contributed by atoms with van der Waals surface area (Å²) in [7, 11) is 1.40. The van der Waals surface area contributed by atoms with Crippen molar-refractivity contribution in [3.8, 4) is 5.75 Å². The van der Waals surface area contributed by atoms with Crippen molar-refractivity contribution in [2.75, 3.05) is 13.7 Å². The highest BCUT2D eigenvalue weighted by Gasteiger charge is 2.40. The number of nitrogens with one attached hydrogen (secondary N) is 1. The summed E-state index contributed by atoms with van der Waals surface area (Å²) in [5.74, 6) is 0.477. The first-order valence-electron chi connectivity index (χ1n) is 6.59. The number of esters is 1. The quantitative estimate of drug-likeness (QED) is 0.798. The van der Waals surface area contributed by atoms with Crippen LogP contribution in [0.25, 0.3) is 0 Å². The molecule has 1 saturated carbocycles. The minimum Gasteiger partial charge on any atom is -0.491 e. The van der Waals surface area contributed by atoms with E-state index in [1.165, 1.54) is 12.7 Å². The van der Waals surface area contributed by atoms with E-state index in [1.807, 2.05) is 38.1 Å². The number of carbonyl (C=O) groups excluding carboxylic acids is 1. The summed E-state index contributed by atoms with van der Waals surface area (Å²) >= 11 is 0. The van der Waals surface area contributed by atoms with Gasteiger partial charge in [0.2, 0.25) is 0 Å². The van der Waals surface area contributed by atoms with E-state index in [0.29, 0.717) is 6.04 Å². The molecule has 0 amide bonds. The van der Waals surface area contributed by atoms with E-state index in [-0.39, 0.29) is 12.6 Å². The Hall–Kier alpha value is -1.55. The van der Waals surface area contributed by atoms with Crippen LogP contribution in [0.2, 0.25) is 0 Å². The van der Waals surface area contributed by atoms with E-state index in [9.17, 15) is 4.79 Å². The minimum absolute atomic E-state index is 0.263. The molecule has 4 nitrogen and oxygen atoms in total. The molecule has 1 aromatic rings. The Balaban J connectivity index is 1.99. The topological polar surface area (TPSA) is 47.6 Å². The summed E-state index contributed by atoms with van der Waals surface area (Å²) in [6.45, 7) is 4.11. The molecule has 2 rings (SSSR count). The van der Waals surface area contributed by atoms with Gasteiger partial charge in [0, 0.05) is 6.04 Å². The molecule has 1 unspecified atom stereocenters. The van der Waals surface area contributed by atoms with Crippen LogP contribution in [0.4, 0.5) is 0 Å². The van der Waals surface area contributed by atoms with Crippen molar-refractivity contribution in [1.29, 1.82) is 0 Å². The lowest BCUT2D eigenvalue weighted by Crippen LogP contribution is -2.55. The molecule has 1 N–H and O–H groups in total. The highest BCUT2D eigenvalue weighted by atomic mass is 16.5. The van der Waals surface area contributed by atoms with Gasteiger partial charge in [0.1, 0.15) is 17.9 Å². The number of hydrogen-bond acceptors (Lipinski definition) is 4. The zero-order valence-electron chi connectivity index (χ0n) is 11.7. The van der Waals surface area contributed by atoms with E-state index >= 15 is 0 Å². The smallest absolute Gasteiger partial charge is 0.329 e. The number of benzene rings is 1. The van der Waals surface area contributed by atoms with Gasteiger partial charge in [0.25, 0.3) is 0 Å². The van der Waals surface area contributed by atoms with Gasteiger partial charge >= 0.3 is 5.97 Å². The van der Waals surface area contributed by atoms with Crippen LogP contribution in [0.15, 0.2) is 24.3 Å². The first-order valence-corrected chi connectivity index (χ1v) is 6.59. The molecule has 1 fully saturated rings. The molecule has 0 aromatic heterocycles. The fourth-order valence-corrected chi connectivity index (χ4v) is 1.93. The maximum Gasteiger partial charge on any atom is 0.329 e. The SMILES string of the molecule is COC(=O)C(C)(COc1ccc(C)cc1)NC1CC1. The Kier molecular flexibility index (Phi) is 4.10.